The molecule has 0 bridgehead atoms. The van der Waals surface area contributed by atoms with Gasteiger partial charge in [-0.3, -0.25) is 0 Å². The van der Waals surface area contributed by atoms with Crippen molar-refractivity contribution >= 4 is 23.2 Å². The lowest BCUT2D eigenvalue weighted by molar-refractivity contribution is 0.294. The number of ether oxygens (including phenoxy) is 1. The van der Waals surface area contributed by atoms with Gasteiger partial charge in [-0.15, -0.1) is 0 Å². The van der Waals surface area contributed by atoms with E-state index in [1.54, 1.807) is 24.3 Å². The summed E-state index contributed by atoms with van der Waals surface area (Å²) in [4.78, 5) is 0. The summed E-state index contributed by atoms with van der Waals surface area (Å²) in [5, 5.41) is 4.37. The Morgan fingerprint density at radius 3 is 2.52 bits per heavy atom. The van der Waals surface area contributed by atoms with Gasteiger partial charge in [0.25, 0.3) is 0 Å². The van der Waals surface area contributed by atoms with Gasteiger partial charge in [-0.1, -0.05) is 29.3 Å². The van der Waals surface area contributed by atoms with E-state index in [4.69, 9.17) is 27.9 Å². The molecule has 0 aromatic heterocycles. The molecule has 23 heavy (non-hydrogen) atoms. The van der Waals surface area contributed by atoms with Crippen LogP contribution in [0.1, 0.15) is 31.9 Å². The maximum absolute atomic E-state index is 13.8. The van der Waals surface area contributed by atoms with E-state index in [0.29, 0.717) is 27.9 Å². The molecule has 0 amide bonds. The molecule has 2 aromatic carbocycles. The van der Waals surface area contributed by atoms with E-state index in [9.17, 15) is 4.39 Å². The predicted octanol–water partition coefficient (Wildman–Crippen LogP) is 5.60. The summed E-state index contributed by atoms with van der Waals surface area (Å²) in [5.41, 5.74) is 1.23. The molecule has 0 atom stereocenters. The maximum atomic E-state index is 13.8. The molecule has 2 aromatic rings. The van der Waals surface area contributed by atoms with Crippen molar-refractivity contribution in [1.82, 2.24) is 5.32 Å². The predicted molar refractivity (Wildman–Crippen MR) is 93.8 cm³/mol. The number of nitrogens with one attached hydrogen (secondary N) is 1. The van der Waals surface area contributed by atoms with Gasteiger partial charge >= 0.3 is 0 Å². The molecule has 0 saturated carbocycles. The Morgan fingerprint density at radius 1 is 1.13 bits per heavy atom. The number of benzene rings is 2. The van der Waals surface area contributed by atoms with Gasteiger partial charge in [0, 0.05) is 28.2 Å². The van der Waals surface area contributed by atoms with E-state index in [0.717, 1.165) is 5.56 Å². The summed E-state index contributed by atoms with van der Waals surface area (Å²) in [6.45, 7) is 6.91. The van der Waals surface area contributed by atoms with E-state index in [2.05, 4.69) is 26.1 Å². The fraction of sp³-hybridized carbons (Fsp3) is 0.333. The summed E-state index contributed by atoms with van der Waals surface area (Å²) in [5.74, 6) is 0.284. The summed E-state index contributed by atoms with van der Waals surface area (Å²) >= 11 is 12.1. The molecule has 0 aliphatic rings. The van der Waals surface area contributed by atoms with Crippen LogP contribution in [0.2, 0.25) is 10.0 Å². The molecule has 124 valence electrons. The number of halogens is 3. The Balaban J connectivity index is 2.16. The van der Waals surface area contributed by atoms with Gasteiger partial charge in [-0.05, 0) is 51.1 Å². The van der Waals surface area contributed by atoms with Gasteiger partial charge in [0.1, 0.15) is 18.2 Å². The second-order valence-corrected chi connectivity index (χ2v) is 7.19. The first-order valence-corrected chi connectivity index (χ1v) is 8.11. The number of hydrogen-bond donors (Lipinski definition) is 1. The van der Waals surface area contributed by atoms with Gasteiger partial charge < -0.3 is 10.1 Å². The highest BCUT2D eigenvalue weighted by Gasteiger charge is 2.13. The fourth-order valence-corrected chi connectivity index (χ4v) is 2.42. The lowest BCUT2D eigenvalue weighted by Crippen LogP contribution is -2.35. The van der Waals surface area contributed by atoms with Crippen molar-refractivity contribution in [3.8, 4) is 5.75 Å². The standard InChI is InChI=1S/C18H20Cl2FNO/c1-18(2,3)22-10-12-9-13(19)7-8-17(12)23-11-14-15(20)5-4-6-16(14)21/h4-9,22H,10-11H2,1-3H3. The SMILES string of the molecule is CC(C)(C)NCc1cc(Cl)ccc1OCc1c(F)cccc1Cl. The van der Waals surface area contributed by atoms with E-state index < -0.39 is 0 Å². The Bertz CT molecular complexity index is 663. The summed E-state index contributed by atoms with van der Waals surface area (Å²) < 4.78 is 19.6. The lowest BCUT2D eigenvalue weighted by Gasteiger charge is -2.22. The third-order valence-electron chi connectivity index (χ3n) is 3.27. The van der Waals surface area contributed by atoms with Crippen molar-refractivity contribution in [2.75, 3.05) is 0 Å². The van der Waals surface area contributed by atoms with Gasteiger partial charge in [0.05, 0.1) is 5.02 Å². The summed E-state index contributed by atoms with van der Waals surface area (Å²) in [7, 11) is 0. The van der Waals surface area contributed by atoms with Crippen LogP contribution in [-0.2, 0) is 13.2 Å². The largest absolute Gasteiger partial charge is 0.488 e. The molecule has 5 heteroatoms. The van der Waals surface area contributed by atoms with Gasteiger partial charge in [-0.2, -0.15) is 0 Å². The van der Waals surface area contributed by atoms with E-state index in [-0.39, 0.29) is 18.0 Å². The summed E-state index contributed by atoms with van der Waals surface area (Å²) in [6.07, 6.45) is 0. The molecule has 0 aliphatic carbocycles. The molecular formula is C18H20Cl2FNO. The smallest absolute Gasteiger partial charge is 0.131 e. The van der Waals surface area contributed by atoms with Crippen LogP contribution >= 0.6 is 23.2 Å². The molecule has 0 fully saturated rings. The lowest BCUT2D eigenvalue weighted by atomic mass is 10.1. The van der Waals surface area contributed by atoms with Crippen molar-refractivity contribution < 1.29 is 9.13 Å². The molecule has 2 rings (SSSR count). The number of rotatable bonds is 5. The average molecular weight is 356 g/mol. The quantitative estimate of drug-likeness (QED) is 0.753. The molecule has 0 heterocycles. The molecule has 0 spiro atoms. The van der Waals surface area contributed by atoms with E-state index in [1.165, 1.54) is 6.07 Å². The highest BCUT2D eigenvalue weighted by molar-refractivity contribution is 6.31. The first kappa shape index (κ1) is 18.1. The molecule has 0 aliphatic heterocycles. The zero-order valence-electron chi connectivity index (χ0n) is 13.4. The second-order valence-electron chi connectivity index (χ2n) is 6.34. The fourth-order valence-electron chi connectivity index (χ4n) is 2.01. The first-order valence-electron chi connectivity index (χ1n) is 7.35. The average Bonchev–Trinajstić information content (AvgIpc) is 2.45. The van der Waals surface area contributed by atoms with E-state index >= 15 is 0 Å². The summed E-state index contributed by atoms with van der Waals surface area (Å²) in [6, 6.07) is 9.97. The van der Waals surface area contributed by atoms with E-state index in [1.807, 2.05) is 6.07 Å². The molecule has 2 nitrogen and oxygen atoms in total. The van der Waals surface area contributed by atoms with Crippen LogP contribution < -0.4 is 10.1 Å². The zero-order chi connectivity index (χ0) is 17.0. The van der Waals surface area contributed by atoms with Gasteiger partial charge in [0.2, 0.25) is 0 Å². The van der Waals surface area contributed by atoms with Crippen molar-refractivity contribution in [3.63, 3.8) is 0 Å². The van der Waals surface area contributed by atoms with Crippen LogP contribution in [-0.4, -0.2) is 5.54 Å². The molecular weight excluding hydrogens is 336 g/mol. The minimum absolute atomic E-state index is 0.0333. The van der Waals surface area contributed by atoms with Gasteiger partial charge in [0.15, 0.2) is 0 Å². The third-order valence-corrected chi connectivity index (χ3v) is 3.85. The Labute approximate surface area is 146 Å². The highest BCUT2D eigenvalue weighted by Crippen LogP contribution is 2.26. The first-order chi connectivity index (χ1) is 10.8. The normalized spacial score (nSPS) is 11.6. The third kappa shape index (κ3) is 5.38. The van der Waals surface area contributed by atoms with Crippen molar-refractivity contribution in [1.29, 1.82) is 0 Å². The van der Waals surface area contributed by atoms with Crippen LogP contribution in [0.5, 0.6) is 5.75 Å². The molecule has 1 N–H and O–H groups in total. The van der Waals surface area contributed by atoms with Crippen molar-refractivity contribution in [3.05, 3.63) is 63.4 Å². The second kappa shape index (κ2) is 7.52. The minimum atomic E-state index is -0.374. The Morgan fingerprint density at radius 2 is 1.87 bits per heavy atom. The zero-order valence-corrected chi connectivity index (χ0v) is 14.9. The Kier molecular flexibility index (Phi) is 5.90. The van der Waals surface area contributed by atoms with Crippen LogP contribution in [0, 0.1) is 5.82 Å². The topological polar surface area (TPSA) is 21.3 Å². The van der Waals surface area contributed by atoms with Crippen molar-refractivity contribution in [2.45, 2.75) is 39.5 Å². The van der Waals surface area contributed by atoms with Crippen LogP contribution in [0.15, 0.2) is 36.4 Å². The minimum Gasteiger partial charge on any atom is -0.488 e. The van der Waals surface area contributed by atoms with Gasteiger partial charge in [-0.25, -0.2) is 4.39 Å². The Hall–Kier alpha value is -1.29. The molecule has 0 unspecified atom stereocenters. The van der Waals surface area contributed by atoms with Crippen LogP contribution in [0.4, 0.5) is 4.39 Å². The van der Waals surface area contributed by atoms with Crippen LogP contribution in [0.3, 0.4) is 0 Å². The maximum Gasteiger partial charge on any atom is 0.131 e. The van der Waals surface area contributed by atoms with Crippen LogP contribution in [0.25, 0.3) is 0 Å². The monoisotopic (exact) mass is 355 g/mol. The molecule has 0 radical (unpaired) electrons. The number of hydrogen-bond acceptors (Lipinski definition) is 2. The highest BCUT2D eigenvalue weighted by atomic mass is 35.5. The molecule has 0 saturated heterocycles. The van der Waals surface area contributed by atoms with Crippen molar-refractivity contribution in [2.24, 2.45) is 0 Å².